The van der Waals surface area contributed by atoms with Crippen molar-refractivity contribution in [3.05, 3.63) is 36.7 Å². The lowest BCUT2D eigenvalue weighted by Crippen LogP contribution is -2.05. The minimum Gasteiger partial charge on any atom is -0.496 e. The van der Waals surface area contributed by atoms with Crippen LogP contribution < -0.4 is 10.5 Å². The number of para-hydroxylation sites is 1. The zero-order chi connectivity index (χ0) is 12.1. The Bertz CT molecular complexity index is 479. The lowest BCUT2D eigenvalue weighted by atomic mass is 10.1. The lowest BCUT2D eigenvalue weighted by Gasteiger charge is -2.05. The Balaban J connectivity index is 2.24. The fraction of sp³-hybridized carbons (Fsp3) is 0.308. The SMILES string of the molecule is COc1ccccc1-c1cnn(CCCN)c1. The molecular weight excluding hydrogens is 214 g/mol. The Morgan fingerprint density at radius 3 is 2.94 bits per heavy atom. The van der Waals surface area contributed by atoms with E-state index < -0.39 is 0 Å². The van der Waals surface area contributed by atoms with E-state index in [1.807, 2.05) is 41.3 Å². The van der Waals surface area contributed by atoms with Crippen LogP contribution in [-0.4, -0.2) is 23.4 Å². The van der Waals surface area contributed by atoms with E-state index in [4.69, 9.17) is 10.5 Å². The van der Waals surface area contributed by atoms with Crippen LogP contribution in [0.5, 0.6) is 5.75 Å². The minimum absolute atomic E-state index is 0.684. The lowest BCUT2D eigenvalue weighted by molar-refractivity contribution is 0.416. The molecule has 0 saturated heterocycles. The fourth-order valence-corrected chi connectivity index (χ4v) is 1.76. The van der Waals surface area contributed by atoms with Gasteiger partial charge in [-0.15, -0.1) is 0 Å². The van der Waals surface area contributed by atoms with Crippen molar-refractivity contribution in [3.63, 3.8) is 0 Å². The van der Waals surface area contributed by atoms with Crippen LogP contribution in [0.25, 0.3) is 11.1 Å². The van der Waals surface area contributed by atoms with Crippen LogP contribution in [0, 0.1) is 0 Å². The number of ether oxygens (including phenoxy) is 1. The number of hydrogen-bond donors (Lipinski definition) is 1. The summed E-state index contributed by atoms with van der Waals surface area (Å²) in [5.74, 6) is 0.867. The number of hydrogen-bond acceptors (Lipinski definition) is 3. The molecule has 2 N–H and O–H groups in total. The van der Waals surface area contributed by atoms with Gasteiger partial charge in [-0.25, -0.2) is 0 Å². The number of aryl methyl sites for hydroxylation is 1. The van der Waals surface area contributed by atoms with Gasteiger partial charge in [0.2, 0.25) is 0 Å². The van der Waals surface area contributed by atoms with E-state index in [0.717, 1.165) is 29.8 Å². The summed E-state index contributed by atoms with van der Waals surface area (Å²) in [5, 5.41) is 4.31. The second kappa shape index (κ2) is 5.50. The summed E-state index contributed by atoms with van der Waals surface area (Å²) in [6, 6.07) is 7.94. The highest BCUT2D eigenvalue weighted by atomic mass is 16.5. The zero-order valence-corrected chi connectivity index (χ0v) is 9.97. The Morgan fingerprint density at radius 1 is 1.35 bits per heavy atom. The maximum Gasteiger partial charge on any atom is 0.126 e. The first-order valence-corrected chi connectivity index (χ1v) is 5.71. The van der Waals surface area contributed by atoms with Crippen molar-refractivity contribution in [1.82, 2.24) is 9.78 Å². The van der Waals surface area contributed by atoms with Gasteiger partial charge in [-0.3, -0.25) is 4.68 Å². The summed E-state index contributed by atoms with van der Waals surface area (Å²) >= 11 is 0. The Labute approximate surface area is 101 Å². The quantitative estimate of drug-likeness (QED) is 0.855. The predicted octanol–water partition coefficient (Wildman–Crippen LogP) is 1.91. The van der Waals surface area contributed by atoms with Crippen molar-refractivity contribution >= 4 is 0 Å². The molecule has 0 aliphatic carbocycles. The van der Waals surface area contributed by atoms with Gasteiger partial charge in [-0.05, 0) is 19.0 Å². The molecule has 1 aromatic heterocycles. The molecule has 1 aromatic carbocycles. The predicted molar refractivity (Wildman–Crippen MR) is 67.9 cm³/mol. The normalized spacial score (nSPS) is 10.5. The van der Waals surface area contributed by atoms with Crippen molar-refractivity contribution < 1.29 is 4.74 Å². The second-order valence-electron chi connectivity index (χ2n) is 3.83. The fourth-order valence-electron chi connectivity index (χ4n) is 1.76. The second-order valence-corrected chi connectivity index (χ2v) is 3.83. The van der Waals surface area contributed by atoms with Crippen LogP contribution in [0.15, 0.2) is 36.7 Å². The first kappa shape index (κ1) is 11.7. The third-order valence-electron chi connectivity index (χ3n) is 2.64. The monoisotopic (exact) mass is 231 g/mol. The first-order chi connectivity index (χ1) is 8.35. The van der Waals surface area contributed by atoms with Gasteiger partial charge >= 0.3 is 0 Å². The van der Waals surface area contributed by atoms with Crippen LogP contribution in [0.1, 0.15) is 6.42 Å². The summed E-state index contributed by atoms with van der Waals surface area (Å²) in [4.78, 5) is 0. The van der Waals surface area contributed by atoms with Gasteiger partial charge in [0.25, 0.3) is 0 Å². The van der Waals surface area contributed by atoms with Gasteiger partial charge in [-0.2, -0.15) is 5.10 Å². The topological polar surface area (TPSA) is 53.1 Å². The molecule has 0 spiro atoms. The molecule has 0 amide bonds. The van der Waals surface area contributed by atoms with E-state index in [-0.39, 0.29) is 0 Å². The van der Waals surface area contributed by atoms with Crippen molar-refractivity contribution in [2.75, 3.05) is 13.7 Å². The van der Waals surface area contributed by atoms with Crippen molar-refractivity contribution in [2.24, 2.45) is 5.73 Å². The number of nitrogens with zero attached hydrogens (tertiary/aromatic N) is 2. The minimum atomic E-state index is 0.684. The maximum absolute atomic E-state index is 5.48. The molecule has 4 nitrogen and oxygen atoms in total. The zero-order valence-electron chi connectivity index (χ0n) is 9.97. The molecule has 0 unspecified atom stereocenters. The van der Waals surface area contributed by atoms with Crippen LogP contribution >= 0.6 is 0 Å². The Kier molecular flexibility index (Phi) is 3.77. The first-order valence-electron chi connectivity index (χ1n) is 5.71. The van der Waals surface area contributed by atoms with Crippen molar-refractivity contribution in [1.29, 1.82) is 0 Å². The van der Waals surface area contributed by atoms with Gasteiger partial charge in [0.05, 0.1) is 13.3 Å². The van der Waals surface area contributed by atoms with Gasteiger partial charge in [0.1, 0.15) is 5.75 Å². The molecule has 1 heterocycles. The van der Waals surface area contributed by atoms with Crippen molar-refractivity contribution in [3.8, 4) is 16.9 Å². The molecule has 0 fully saturated rings. The molecule has 17 heavy (non-hydrogen) atoms. The number of nitrogens with two attached hydrogens (primary N) is 1. The number of methoxy groups -OCH3 is 1. The van der Waals surface area contributed by atoms with E-state index in [1.165, 1.54) is 0 Å². The molecule has 4 heteroatoms. The smallest absolute Gasteiger partial charge is 0.126 e. The summed E-state index contributed by atoms with van der Waals surface area (Å²) in [7, 11) is 1.68. The van der Waals surface area contributed by atoms with Crippen LogP contribution in [0.4, 0.5) is 0 Å². The van der Waals surface area contributed by atoms with E-state index in [2.05, 4.69) is 5.10 Å². The number of aromatic nitrogens is 2. The molecule has 0 radical (unpaired) electrons. The van der Waals surface area contributed by atoms with Gasteiger partial charge in [0.15, 0.2) is 0 Å². The third kappa shape index (κ3) is 2.65. The molecule has 90 valence electrons. The summed E-state index contributed by atoms with van der Waals surface area (Å²) in [5.41, 5.74) is 7.61. The molecule has 0 atom stereocenters. The summed E-state index contributed by atoms with van der Waals surface area (Å²) in [6.45, 7) is 1.54. The van der Waals surface area contributed by atoms with E-state index in [0.29, 0.717) is 6.54 Å². The Hall–Kier alpha value is -1.81. The Morgan fingerprint density at radius 2 is 2.18 bits per heavy atom. The highest BCUT2D eigenvalue weighted by Crippen LogP contribution is 2.28. The number of rotatable bonds is 5. The molecule has 0 bridgehead atoms. The van der Waals surface area contributed by atoms with Crippen LogP contribution in [0.2, 0.25) is 0 Å². The largest absolute Gasteiger partial charge is 0.496 e. The summed E-state index contributed by atoms with van der Waals surface area (Å²) in [6.07, 6.45) is 4.81. The maximum atomic E-state index is 5.48. The highest BCUT2D eigenvalue weighted by molar-refractivity contribution is 5.69. The van der Waals surface area contributed by atoms with Crippen LogP contribution in [-0.2, 0) is 6.54 Å². The molecule has 2 aromatic rings. The standard InChI is InChI=1S/C13H17N3O/c1-17-13-6-3-2-5-12(13)11-9-15-16(10-11)8-4-7-14/h2-3,5-6,9-10H,4,7-8,14H2,1H3. The average Bonchev–Trinajstić information content (AvgIpc) is 2.85. The molecule has 0 aliphatic rings. The number of benzene rings is 1. The van der Waals surface area contributed by atoms with E-state index in [9.17, 15) is 0 Å². The molecule has 0 aliphatic heterocycles. The van der Waals surface area contributed by atoms with Gasteiger partial charge in [-0.1, -0.05) is 18.2 Å². The third-order valence-corrected chi connectivity index (χ3v) is 2.64. The van der Waals surface area contributed by atoms with Crippen molar-refractivity contribution in [2.45, 2.75) is 13.0 Å². The average molecular weight is 231 g/mol. The molecule has 0 saturated carbocycles. The highest BCUT2D eigenvalue weighted by Gasteiger charge is 2.06. The molecular formula is C13H17N3O. The van der Waals surface area contributed by atoms with Gasteiger partial charge in [0, 0.05) is 23.9 Å². The summed E-state index contributed by atoms with van der Waals surface area (Å²) < 4.78 is 7.24. The van der Waals surface area contributed by atoms with Gasteiger partial charge < -0.3 is 10.5 Å². The van der Waals surface area contributed by atoms with E-state index in [1.54, 1.807) is 7.11 Å². The molecule has 2 rings (SSSR count). The van der Waals surface area contributed by atoms with E-state index >= 15 is 0 Å². The van der Waals surface area contributed by atoms with Crippen LogP contribution in [0.3, 0.4) is 0 Å².